The van der Waals surface area contributed by atoms with E-state index in [-0.39, 0.29) is 11.9 Å². The third kappa shape index (κ3) is 5.32. The van der Waals surface area contributed by atoms with Crippen LogP contribution in [0.4, 0.5) is 4.79 Å². The predicted molar refractivity (Wildman–Crippen MR) is 73.8 cm³/mol. The van der Waals surface area contributed by atoms with Gasteiger partial charge in [0.25, 0.3) is 0 Å². The Bertz CT molecular complexity index is 381. The van der Waals surface area contributed by atoms with E-state index in [4.69, 9.17) is 4.74 Å². The number of nitrogens with zero attached hydrogens (tertiary/aromatic N) is 2. The summed E-state index contributed by atoms with van der Waals surface area (Å²) in [4.78, 5) is 27.4. The lowest BCUT2D eigenvalue weighted by molar-refractivity contribution is -0.115. The van der Waals surface area contributed by atoms with Crippen LogP contribution in [0.3, 0.4) is 0 Å². The Morgan fingerprint density at radius 3 is 2.53 bits per heavy atom. The van der Waals surface area contributed by atoms with Crippen molar-refractivity contribution < 1.29 is 14.3 Å². The molecule has 5 heteroatoms. The van der Waals surface area contributed by atoms with Crippen molar-refractivity contribution in [2.24, 2.45) is 0 Å². The van der Waals surface area contributed by atoms with Crippen LogP contribution in [0.2, 0.25) is 0 Å². The standard InChI is InChI=1S/C14H24N2O3/c1-14(2,3)19-13(18)16-8-6-7-12(17)11(10-16)9-15(4)5/h9H,6-8,10H2,1-5H3/b11-9+. The fourth-order valence-corrected chi connectivity index (χ4v) is 1.87. The van der Waals surface area contributed by atoms with Gasteiger partial charge in [0.15, 0.2) is 5.78 Å². The van der Waals surface area contributed by atoms with Gasteiger partial charge in [-0.2, -0.15) is 0 Å². The second kappa shape index (κ2) is 6.08. The van der Waals surface area contributed by atoms with E-state index in [2.05, 4.69) is 0 Å². The number of carbonyl (C=O) groups is 2. The van der Waals surface area contributed by atoms with Gasteiger partial charge in [-0.15, -0.1) is 0 Å². The summed E-state index contributed by atoms with van der Waals surface area (Å²) in [6, 6.07) is 0. The van der Waals surface area contributed by atoms with Crippen LogP contribution in [-0.2, 0) is 9.53 Å². The number of hydrogen-bond acceptors (Lipinski definition) is 4. The summed E-state index contributed by atoms with van der Waals surface area (Å²) in [5, 5.41) is 0. The Morgan fingerprint density at radius 2 is 2.00 bits per heavy atom. The molecule has 0 aromatic heterocycles. The van der Waals surface area contributed by atoms with E-state index in [1.165, 1.54) is 0 Å². The lowest BCUT2D eigenvalue weighted by atomic mass is 10.1. The maximum atomic E-state index is 12.1. The second-order valence-electron chi connectivity index (χ2n) is 6.05. The largest absolute Gasteiger partial charge is 0.444 e. The minimum absolute atomic E-state index is 0.111. The molecule has 0 unspecified atom stereocenters. The molecule has 1 aliphatic rings. The lowest BCUT2D eigenvalue weighted by Gasteiger charge is -2.26. The predicted octanol–water partition coefficient (Wildman–Crippen LogP) is 2.03. The first-order valence-electron chi connectivity index (χ1n) is 6.57. The molecule has 108 valence electrons. The maximum absolute atomic E-state index is 12.1. The highest BCUT2D eigenvalue weighted by atomic mass is 16.6. The normalized spacial score (nSPS) is 19.3. The molecule has 0 saturated carbocycles. The molecule has 19 heavy (non-hydrogen) atoms. The van der Waals surface area contributed by atoms with Crippen LogP contribution in [0.5, 0.6) is 0 Å². The minimum Gasteiger partial charge on any atom is -0.444 e. The molecular weight excluding hydrogens is 244 g/mol. The molecule has 0 bridgehead atoms. The van der Waals surface area contributed by atoms with Crippen molar-refractivity contribution in [2.45, 2.75) is 39.2 Å². The first-order chi connectivity index (χ1) is 8.69. The number of Topliss-reactive ketones (excluding diaryl/α,β-unsaturated/α-hetero) is 1. The summed E-state index contributed by atoms with van der Waals surface area (Å²) >= 11 is 0. The van der Waals surface area contributed by atoms with Gasteiger partial charge in [-0.1, -0.05) is 0 Å². The van der Waals surface area contributed by atoms with Crippen molar-refractivity contribution >= 4 is 11.9 Å². The number of hydrogen-bond donors (Lipinski definition) is 0. The Labute approximate surface area is 115 Å². The van der Waals surface area contributed by atoms with Gasteiger partial charge in [0.2, 0.25) is 0 Å². The van der Waals surface area contributed by atoms with E-state index in [0.29, 0.717) is 31.5 Å². The second-order valence-corrected chi connectivity index (χ2v) is 6.05. The summed E-state index contributed by atoms with van der Waals surface area (Å²) in [6.45, 7) is 6.40. The number of amides is 1. The van der Waals surface area contributed by atoms with Gasteiger partial charge >= 0.3 is 6.09 Å². The lowest BCUT2D eigenvalue weighted by Crippen LogP contribution is -2.38. The first kappa shape index (κ1) is 15.5. The van der Waals surface area contributed by atoms with Gasteiger partial charge in [-0.25, -0.2) is 4.79 Å². The van der Waals surface area contributed by atoms with Crippen LogP contribution < -0.4 is 0 Å². The van der Waals surface area contributed by atoms with Crippen molar-refractivity contribution in [2.75, 3.05) is 27.2 Å². The van der Waals surface area contributed by atoms with Crippen molar-refractivity contribution in [3.63, 3.8) is 0 Å². The third-order valence-corrected chi connectivity index (χ3v) is 2.62. The maximum Gasteiger partial charge on any atom is 0.410 e. The number of ketones is 1. The van der Waals surface area contributed by atoms with E-state index in [0.717, 1.165) is 0 Å². The molecule has 1 aliphatic heterocycles. The summed E-state index contributed by atoms with van der Waals surface area (Å²) in [7, 11) is 3.73. The SMILES string of the molecule is CN(C)/C=C1\CN(C(=O)OC(C)(C)C)CCCC1=O. The molecule has 5 nitrogen and oxygen atoms in total. The van der Waals surface area contributed by atoms with Crippen molar-refractivity contribution in [1.29, 1.82) is 0 Å². The molecule has 1 saturated heterocycles. The highest BCUT2D eigenvalue weighted by molar-refractivity contribution is 5.96. The van der Waals surface area contributed by atoms with Gasteiger partial charge in [0.05, 0.1) is 6.54 Å². The van der Waals surface area contributed by atoms with Crippen LogP contribution >= 0.6 is 0 Å². The molecule has 1 rings (SSSR count). The Balaban J connectivity index is 2.80. The van der Waals surface area contributed by atoms with E-state index in [1.807, 2.05) is 39.8 Å². The van der Waals surface area contributed by atoms with E-state index in [9.17, 15) is 9.59 Å². The van der Waals surface area contributed by atoms with E-state index >= 15 is 0 Å². The van der Waals surface area contributed by atoms with Crippen LogP contribution in [0.25, 0.3) is 0 Å². The molecule has 0 spiro atoms. The average molecular weight is 268 g/mol. The quantitative estimate of drug-likeness (QED) is 0.683. The molecule has 0 aromatic rings. The number of carbonyl (C=O) groups excluding carboxylic acids is 2. The van der Waals surface area contributed by atoms with E-state index < -0.39 is 5.60 Å². The van der Waals surface area contributed by atoms with Gasteiger partial charge in [-0.3, -0.25) is 4.79 Å². The molecular formula is C14H24N2O3. The molecule has 0 N–H and O–H groups in total. The smallest absolute Gasteiger partial charge is 0.410 e. The summed E-state index contributed by atoms with van der Waals surface area (Å²) < 4.78 is 5.36. The highest BCUT2D eigenvalue weighted by Gasteiger charge is 2.26. The third-order valence-electron chi connectivity index (χ3n) is 2.62. The molecule has 0 aliphatic carbocycles. The number of likely N-dealkylation sites (tertiary alicyclic amines) is 1. The fourth-order valence-electron chi connectivity index (χ4n) is 1.87. The van der Waals surface area contributed by atoms with Crippen molar-refractivity contribution in [3.8, 4) is 0 Å². The Kier molecular flexibility index (Phi) is 4.97. The Morgan fingerprint density at radius 1 is 1.37 bits per heavy atom. The van der Waals surface area contributed by atoms with Crippen LogP contribution in [0.1, 0.15) is 33.6 Å². The topological polar surface area (TPSA) is 49.9 Å². The average Bonchev–Trinajstić information content (AvgIpc) is 2.38. The minimum atomic E-state index is -0.515. The summed E-state index contributed by atoms with van der Waals surface area (Å²) in [5.74, 6) is 0.111. The number of ether oxygens (including phenoxy) is 1. The van der Waals surface area contributed by atoms with Crippen molar-refractivity contribution in [1.82, 2.24) is 9.80 Å². The van der Waals surface area contributed by atoms with Gasteiger partial charge in [-0.05, 0) is 27.2 Å². The van der Waals surface area contributed by atoms with Crippen LogP contribution in [0, 0.1) is 0 Å². The summed E-state index contributed by atoms with van der Waals surface area (Å²) in [5.41, 5.74) is 0.145. The monoisotopic (exact) mass is 268 g/mol. The van der Waals surface area contributed by atoms with E-state index in [1.54, 1.807) is 11.1 Å². The molecule has 1 amide bonds. The molecule has 1 fully saturated rings. The van der Waals surface area contributed by atoms with Crippen molar-refractivity contribution in [3.05, 3.63) is 11.8 Å². The first-order valence-corrected chi connectivity index (χ1v) is 6.57. The van der Waals surface area contributed by atoms with Crippen LogP contribution in [0.15, 0.2) is 11.8 Å². The number of rotatable bonds is 1. The zero-order valence-electron chi connectivity index (χ0n) is 12.5. The summed E-state index contributed by atoms with van der Waals surface area (Å²) in [6.07, 6.45) is 2.60. The van der Waals surface area contributed by atoms with Gasteiger partial charge in [0, 0.05) is 38.8 Å². The Hall–Kier alpha value is -1.52. The molecule has 0 radical (unpaired) electrons. The molecule has 0 atom stereocenters. The van der Waals surface area contributed by atoms with Gasteiger partial charge < -0.3 is 14.5 Å². The molecule has 1 heterocycles. The highest BCUT2D eigenvalue weighted by Crippen LogP contribution is 2.16. The molecule has 0 aromatic carbocycles. The fraction of sp³-hybridized carbons (Fsp3) is 0.714. The van der Waals surface area contributed by atoms with Gasteiger partial charge in [0.1, 0.15) is 5.60 Å². The van der Waals surface area contributed by atoms with Crippen LogP contribution in [-0.4, -0.2) is 54.5 Å². The zero-order valence-corrected chi connectivity index (χ0v) is 12.5. The zero-order chi connectivity index (χ0) is 14.6.